The summed E-state index contributed by atoms with van der Waals surface area (Å²) in [7, 11) is 0. The zero-order valence-corrected chi connectivity index (χ0v) is 12.7. The normalized spacial score (nSPS) is 15.4. The SMILES string of the molecule is CC(C)NC(C)(C#N)CC(C)Oc1ccc(CO)cc1. The van der Waals surface area contributed by atoms with Gasteiger partial charge >= 0.3 is 0 Å². The molecular weight excluding hydrogens is 252 g/mol. The number of nitrogens with zero attached hydrogens (tertiary/aromatic N) is 1. The van der Waals surface area contributed by atoms with Crippen LogP contribution in [0, 0.1) is 11.3 Å². The molecule has 0 bridgehead atoms. The Morgan fingerprint density at radius 2 is 1.90 bits per heavy atom. The first-order chi connectivity index (χ1) is 9.38. The maximum absolute atomic E-state index is 9.32. The summed E-state index contributed by atoms with van der Waals surface area (Å²) in [5.41, 5.74) is 0.256. The van der Waals surface area contributed by atoms with Crippen LogP contribution < -0.4 is 10.1 Å². The van der Waals surface area contributed by atoms with Gasteiger partial charge in [-0.05, 0) is 45.4 Å². The highest BCUT2D eigenvalue weighted by molar-refractivity contribution is 5.27. The average Bonchev–Trinajstić information content (AvgIpc) is 2.38. The quantitative estimate of drug-likeness (QED) is 0.803. The van der Waals surface area contributed by atoms with E-state index in [1.807, 2.05) is 52.0 Å². The summed E-state index contributed by atoms with van der Waals surface area (Å²) in [4.78, 5) is 0. The summed E-state index contributed by atoms with van der Waals surface area (Å²) in [5.74, 6) is 0.750. The third kappa shape index (κ3) is 5.20. The van der Waals surface area contributed by atoms with Crippen molar-refractivity contribution in [3.05, 3.63) is 29.8 Å². The van der Waals surface area contributed by atoms with Crippen molar-refractivity contribution in [1.29, 1.82) is 5.26 Å². The number of hydrogen-bond acceptors (Lipinski definition) is 4. The monoisotopic (exact) mass is 276 g/mol. The first-order valence-corrected chi connectivity index (χ1v) is 6.94. The van der Waals surface area contributed by atoms with Crippen molar-refractivity contribution in [2.75, 3.05) is 0 Å². The maximum atomic E-state index is 9.32. The third-order valence-corrected chi connectivity index (χ3v) is 2.99. The molecule has 0 aliphatic carbocycles. The Hall–Kier alpha value is -1.57. The zero-order valence-electron chi connectivity index (χ0n) is 12.7. The van der Waals surface area contributed by atoms with Crippen LogP contribution in [0.4, 0.5) is 0 Å². The number of nitriles is 1. The molecular formula is C16H24N2O2. The summed E-state index contributed by atoms with van der Waals surface area (Å²) < 4.78 is 5.82. The summed E-state index contributed by atoms with van der Waals surface area (Å²) in [6, 6.07) is 9.90. The Morgan fingerprint density at radius 1 is 1.30 bits per heavy atom. The highest BCUT2D eigenvalue weighted by atomic mass is 16.5. The molecule has 0 saturated heterocycles. The molecule has 1 rings (SSSR count). The molecule has 0 aliphatic heterocycles. The predicted octanol–water partition coefficient (Wildman–Crippen LogP) is 2.62. The minimum absolute atomic E-state index is 0.0284. The molecule has 0 radical (unpaired) electrons. The lowest BCUT2D eigenvalue weighted by Crippen LogP contribution is -2.47. The van der Waals surface area contributed by atoms with Crippen LogP contribution in [0.1, 0.15) is 39.7 Å². The van der Waals surface area contributed by atoms with Crippen LogP contribution in [0.5, 0.6) is 5.75 Å². The fourth-order valence-electron chi connectivity index (χ4n) is 2.30. The van der Waals surface area contributed by atoms with E-state index in [1.54, 1.807) is 0 Å². The minimum atomic E-state index is -0.599. The van der Waals surface area contributed by atoms with E-state index in [9.17, 15) is 5.26 Å². The fraction of sp³-hybridized carbons (Fsp3) is 0.562. The highest BCUT2D eigenvalue weighted by Gasteiger charge is 2.27. The number of rotatable bonds is 7. The number of benzene rings is 1. The number of ether oxygens (including phenoxy) is 1. The molecule has 0 spiro atoms. The molecule has 20 heavy (non-hydrogen) atoms. The average molecular weight is 276 g/mol. The number of hydrogen-bond donors (Lipinski definition) is 2. The highest BCUT2D eigenvalue weighted by Crippen LogP contribution is 2.19. The lowest BCUT2D eigenvalue weighted by molar-refractivity contribution is 0.176. The van der Waals surface area contributed by atoms with Crippen molar-refractivity contribution in [3.63, 3.8) is 0 Å². The van der Waals surface area contributed by atoms with E-state index in [0.29, 0.717) is 6.42 Å². The second-order valence-electron chi connectivity index (χ2n) is 5.68. The van der Waals surface area contributed by atoms with E-state index >= 15 is 0 Å². The van der Waals surface area contributed by atoms with Gasteiger partial charge in [0.15, 0.2) is 0 Å². The Morgan fingerprint density at radius 3 is 2.35 bits per heavy atom. The molecule has 4 nitrogen and oxygen atoms in total. The Kier molecular flexibility index (Phi) is 6.00. The van der Waals surface area contributed by atoms with Gasteiger partial charge in [-0.3, -0.25) is 5.32 Å². The van der Waals surface area contributed by atoms with E-state index in [4.69, 9.17) is 9.84 Å². The first kappa shape index (κ1) is 16.5. The van der Waals surface area contributed by atoms with Crippen molar-refractivity contribution in [2.45, 2.75) is 58.4 Å². The molecule has 0 saturated carbocycles. The van der Waals surface area contributed by atoms with Crippen LogP contribution in [-0.2, 0) is 6.61 Å². The van der Waals surface area contributed by atoms with Gasteiger partial charge < -0.3 is 9.84 Å². The third-order valence-electron chi connectivity index (χ3n) is 2.99. The second kappa shape index (κ2) is 7.28. The van der Waals surface area contributed by atoms with Gasteiger partial charge in [0.25, 0.3) is 0 Å². The second-order valence-corrected chi connectivity index (χ2v) is 5.68. The van der Waals surface area contributed by atoms with Crippen LogP contribution in [0.2, 0.25) is 0 Å². The largest absolute Gasteiger partial charge is 0.491 e. The van der Waals surface area contributed by atoms with Crippen molar-refractivity contribution >= 4 is 0 Å². The number of nitrogens with one attached hydrogen (secondary N) is 1. The molecule has 0 fully saturated rings. The molecule has 0 heterocycles. The van der Waals surface area contributed by atoms with Gasteiger partial charge in [0.05, 0.1) is 18.8 Å². The van der Waals surface area contributed by atoms with Gasteiger partial charge in [-0.1, -0.05) is 12.1 Å². The topological polar surface area (TPSA) is 65.3 Å². The van der Waals surface area contributed by atoms with E-state index in [2.05, 4.69) is 11.4 Å². The summed E-state index contributed by atoms with van der Waals surface area (Å²) >= 11 is 0. The van der Waals surface area contributed by atoms with Gasteiger partial charge in [-0.2, -0.15) is 5.26 Å². The fourth-order valence-corrected chi connectivity index (χ4v) is 2.30. The Bertz CT molecular complexity index is 451. The smallest absolute Gasteiger partial charge is 0.119 e. The van der Waals surface area contributed by atoms with Crippen LogP contribution >= 0.6 is 0 Å². The zero-order chi connectivity index (χ0) is 15.2. The molecule has 4 heteroatoms. The van der Waals surface area contributed by atoms with E-state index in [1.165, 1.54) is 0 Å². The Balaban J connectivity index is 2.61. The number of aliphatic hydroxyl groups is 1. The molecule has 0 aliphatic rings. The number of aliphatic hydroxyl groups excluding tert-OH is 1. The summed E-state index contributed by atoms with van der Waals surface area (Å²) in [6.45, 7) is 7.92. The lowest BCUT2D eigenvalue weighted by atomic mass is 9.95. The van der Waals surface area contributed by atoms with Crippen molar-refractivity contribution < 1.29 is 9.84 Å². The molecule has 1 aromatic rings. The molecule has 0 amide bonds. The van der Waals surface area contributed by atoms with Crippen LogP contribution in [-0.4, -0.2) is 22.8 Å². The van der Waals surface area contributed by atoms with Crippen LogP contribution in [0.3, 0.4) is 0 Å². The summed E-state index contributed by atoms with van der Waals surface area (Å²) in [5, 5.41) is 21.6. The maximum Gasteiger partial charge on any atom is 0.119 e. The molecule has 110 valence electrons. The van der Waals surface area contributed by atoms with E-state index < -0.39 is 5.54 Å². The molecule has 2 unspecified atom stereocenters. The Labute approximate surface area is 121 Å². The van der Waals surface area contributed by atoms with E-state index in [0.717, 1.165) is 11.3 Å². The van der Waals surface area contributed by atoms with Gasteiger partial charge in [-0.25, -0.2) is 0 Å². The van der Waals surface area contributed by atoms with Crippen molar-refractivity contribution in [1.82, 2.24) is 5.32 Å². The van der Waals surface area contributed by atoms with Crippen molar-refractivity contribution in [2.24, 2.45) is 0 Å². The van der Waals surface area contributed by atoms with Gasteiger partial charge in [0.1, 0.15) is 11.3 Å². The van der Waals surface area contributed by atoms with Gasteiger partial charge in [0.2, 0.25) is 0 Å². The minimum Gasteiger partial charge on any atom is -0.491 e. The van der Waals surface area contributed by atoms with Gasteiger partial charge in [-0.15, -0.1) is 0 Å². The van der Waals surface area contributed by atoms with Crippen molar-refractivity contribution in [3.8, 4) is 11.8 Å². The van der Waals surface area contributed by atoms with Crippen LogP contribution in [0.15, 0.2) is 24.3 Å². The molecule has 1 aromatic carbocycles. The molecule has 2 N–H and O–H groups in total. The molecule has 0 aromatic heterocycles. The van der Waals surface area contributed by atoms with E-state index in [-0.39, 0.29) is 18.8 Å². The predicted molar refractivity (Wildman–Crippen MR) is 79.4 cm³/mol. The lowest BCUT2D eigenvalue weighted by Gasteiger charge is -2.29. The first-order valence-electron chi connectivity index (χ1n) is 6.94. The molecule has 2 atom stereocenters. The van der Waals surface area contributed by atoms with Crippen LogP contribution in [0.25, 0.3) is 0 Å². The summed E-state index contributed by atoms with van der Waals surface area (Å²) in [6.07, 6.45) is 0.523. The standard InChI is InChI=1S/C16H24N2O2/c1-12(2)18-16(4,11-17)9-13(3)20-15-7-5-14(10-19)6-8-15/h5-8,12-13,18-19H,9-10H2,1-4H3. The van der Waals surface area contributed by atoms with Gasteiger partial charge in [0, 0.05) is 12.5 Å².